The molecule has 0 aliphatic heterocycles. The fraction of sp³-hybridized carbons (Fsp3) is 0. The van der Waals surface area contributed by atoms with Crippen molar-refractivity contribution in [3.8, 4) is 11.1 Å². The summed E-state index contributed by atoms with van der Waals surface area (Å²) >= 11 is 0. The fourth-order valence-electron chi connectivity index (χ4n) is 6.90. The van der Waals surface area contributed by atoms with Crippen molar-refractivity contribution in [2.24, 2.45) is 0 Å². The first-order valence-corrected chi connectivity index (χ1v) is 16.9. The lowest BCUT2D eigenvalue weighted by atomic mass is 9.96. The average molecular weight is 595 g/mol. The number of hydrogen-bond acceptors (Lipinski definition) is 2. The van der Waals surface area contributed by atoms with E-state index < -0.39 is 7.14 Å². The minimum absolute atomic E-state index is 0.830. The number of para-hydroxylation sites is 3. The average Bonchev–Trinajstić information content (AvgIpc) is 3.51. The highest BCUT2D eigenvalue weighted by atomic mass is 31.2. The van der Waals surface area contributed by atoms with Gasteiger partial charge in [-0.05, 0) is 46.0 Å². The van der Waals surface area contributed by atoms with E-state index in [1.807, 2.05) is 72.8 Å². The molecule has 2 heterocycles. The Bertz CT molecular complexity index is 2580. The summed E-state index contributed by atoms with van der Waals surface area (Å²) in [4.78, 5) is 5.11. The van der Waals surface area contributed by atoms with Crippen molar-refractivity contribution >= 4 is 72.2 Å². The number of pyridine rings is 1. The Morgan fingerprint density at radius 2 is 1.13 bits per heavy atom. The minimum atomic E-state index is -3.10. The van der Waals surface area contributed by atoms with Crippen LogP contribution in [-0.4, -0.2) is 9.38 Å². The third-order valence-corrected chi connectivity index (χ3v) is 12.1. The Balaban J connectivity index is 1.32. The maximum absolute atomic E-state index is 15.1. The van der Waals surface area contributed by atoms with Gasteiger partial charge >= 0.3 is 0 Å². The Morgan fingerprint density at radius 1 is 0.489 bits per heavy atom. The van der Waals surface area contributed by atoms with Crippen LogP contribution in [0.3, 0.4) is 0 Å². The minimum Gasteiger partial charge on any atom is -0.309 e. The molecule has 2 aromatic heterocycles. The van der Waals surface area contributed by atoms with Crippen molar-refractivity contribution in [1.82, 2.24) is 9.38 Å². The van der Waals surface area contributed by atoms with E-state index >= 15 is 4.57 Å². The lowest BCUT2D eigenvalue weighted by Gasteiger charge is -2.20. The molecule has 7 aromatic carbocycles. The zero-order chi connectivity index (χ0) is 30.0. The summed E-state index contributed by atoms with van der Waals surface area (Å²) in [5.41, 5.74) is 6.40. The monoisotopic (exact) mass is 594 g/mol. The Labute approximate surface area is 260 Å². The first-order chi connectivity index (χ1) is 22.2. The van der Waals surface area contributed by atoms with Crippen molar-refractivity contribution in [1.29, 1.82) is 0 Å². The number of fused-ring (bicyclic) bond motifs is 9. The van der Waals surface area contributed by atoms with Crippen molar-refractivity contribution in [3.63, 3.8) is 0 Å². The van der Waals surface area contributed by atoms with Gasteiger partial charge in [-0.3, -0.25) is 4.40 Å². The van der Waals surface area contributed by atoms with Crippen LogP contribution in [0.25, 0.3) is 60.3 Å². The van der Waals surface area contributed by atoms with Crippen LogP contribution in [0.1, 0.15) is 0 Å². The van der Waals surface area contributed by atoms with Gasteiger partial charge in [-0.15, -0.1) is 0 Å². The number of rotatable bonds is 4. The third kappa shape index (κ3) is 3.91. The molecule has 0 unspecified atom stereocenters. The summed E-state index contributed by atoms with van der Waals surface area (Å²) in [6.07, 6.45) is 0. The molecule has 0 radical (unpaired) electrons. The van der Waals surface area contributed by atoms with Crippen LogP contribution in [0.15, 0.2) is 164 Å². The topological polar surface area (TPSA) is 34.4 Å². The molecule has 9 rings (SSSR count). The van der Waals surface area contributed by atoms with Crippen LogP contribution < -0.4 is 15.9 Å². The second kappa shape index (κ2) is 10.0. The fourth-order valence-corrected chi connectivity index (χ4v) is 9.59. The molecule has 212 valence electrons. The third-order valence-electron chi connectivity index (χ3n) is 9.02. The highest BCUT2D eigenvalue weighted by Crippen LogP contribution is 2.43. The highest BCUT2D eigenvalue weighted by molar-refractivity contribution is 7.85. The Hall–Kier alpha value is -5.50. The number of benzene rings is 7. The van der Waals surface area contributed by atoms with Crippen LogP contribution in [-0.2, 0) is 4.57 Å². The van der Waals surface area contributed by atoms with Crippen LogP contribution >= 0.6 is 7.14 Å². The van der Waals surface area contributed by atoms with Gasteiger partial charge in [-0.25, -0.2) is 4.98 Å². The van der Waals surface area contributed by atoms with Gasteiger partial charge < -0.3 is 4.57 Å². The molecule has 3 nitrogen and oxygen atoms in total. The smallest absolute Gasteiger partial charge is 0.171 e. The van der Waals surface area contributed by atoms with Gasteiger partial charge in [0.1, 0.15) is 5.65 Å². The number of aromatic nitrogens is 2. The molecule has 0 saturated heterocycles. The second-order valence-electron chi connectivity index (χ2n) is 11.5. The summed E-state index contributed by atoms with van der Waals surface area (Å²) < 4.78 is 17.5. The van der Waals surface area contributed by atoms with Crippen LogP contribution in [0, 0.1) is 0 Å². The van der Waals surface area contributed by atoms with Gasteiger partial charge in [-0.2, -0.15) is 0 Å². The molecule has 4 heteroatoms. The van der Waals surface area contributed by atoms with Gasteiger partial charge in [0.25, 0.3) is 0 Å². The largest absolute Gasteiger partial charge is 0.309 e. The summed E-state index contributed by atoms with van der Waals surface area (Å²) in [5, 5.41) is 8.18. The first-order valence-electron chi connectivity index (χ1n) is 15.2. The molecule has 0 aliphatic rings. The van der Waals surface area contributed by atoms with Gasteiger partial charge in [0, 0.05) is 32.2 Å². The molecule has 0 bridgehead atoms. The van der Waals surface area contributed by atoms with Gasteiger partial charge in [0.15, 0.2) is 7.14 Å². The van der Waals surface area contributed by atoms with Gasteiger partial charge in [0.05, 0.1) is 16.6 Å². The highest BCUT2D eigenvalue weighted by Gasteiger charge is 2.29. The molecule has 0 amide bonds. The molecule has 0 atom stereocenters. The quantitative estimate of drug-likeness (QED) is 0.150. The van der Waals surface area contributed by atoms with Crippen molar-refractivity contribution in [3.05, 3.63) is 164 Å². The van der Waals surface area contributed by atoms with E-state index in [0.717, 1.165) is 65.4 Å². The Morgan fingerprint density at radius 3 is 1.91 bits per heavy atom. The molecule has 0 fully saturated rings. The van der Waals surface area contributed by atoms with Crippen LogP contribution in [0.2, 0.25) is 0 Å². The van der Waals surface area contributed by atoms with E-state index in [1.165, 1.54) is 10.8 Å². The van der Waals surface area contributed by atoms with E-state index in [0.29, 0.717) is 0 Å². The van der Waals surface area contributed by atoms with Gasteiger partial charge in [0.2, 0.25) is 0 Å². The molecule has 0 saturated carbocycles. The lowest BCUT2D eigenvalue weighted by molar-refractivity contribution is 0.592. The summed E-state index contributed by atoms with van der Waals surface area (Å²) in [6, 6.07) is 56.1. The number of hydrogen-bond donors (Lipinski definition) is 0. The van der Waals surface area contributed by atoms with E-state index in [-0.39, 0.29) is 0 Å². The number of imidazole rings is 1. The standard InChI is InChI=1S/C41H27N2OP/c44-45(31-12-3-1-4-13-31,32-14-5-2-6-15-32)33-25-24-28-22-23-29(26-30(28)27-33)34-18-11-19-36-35-16-7-8-17-37(35)41-42-38-20-9-10-21-39(38)43(41)40(34)36/h1-27H. The molecule has 45 heavy (non-hydrogen) atoms. The van der Waals surface area contributed by atoms with E-state index in [9.17, 15) is 0 Å². The molecular weight excluding hydrogens is 567 g/mol. The zero-order valence-electron chi connectivity index (χ0n) is 24.3. The maximum atomic E-state index is 15.1. The SMILES string of the molecule is O=P(c1ccccc1)(c1ccccc1)c1ccc2ccc(-c3cccc4c5ccccc5c5nc6ccccc6n5c34)cc2c1. The zero-order valence-corrected chi connectivity index (χ0v) is 25.2. The molecule has 0 aliphatic carbocycles. The summed E-state index contributed by atoms with van der Waals surface area (Å²) in [7, 11) is -3.10. The molecule has 9 aromatic rings. The van der Waals surface area contributed by atoms with E-state index in [4.69, 9.17) is 4.98 Å². The van der Waals surface area contributed by atoms with Gasteiger partial charge in [-0.1, -0.05) is 140 Å². The lowest BCUT2D eigenvalue weighted by Crippen LogP contribution is -2.24. The van der Waals surface area contributed by atoms with Crippen molar-refractivity contribution in [2.75, 3.05) is 0 Å². The maximum Gasteiger partial charge on any atom is 0.171 e. The van der Waals surface area contributed by atoms with E-state index in [2.05, 4.69) is 95.4 Å². The molecule has 0 N–H and O–H groups in total. The normalized spacial score (nSPS) is 12.1. The van der Waals surface area contributed by atoms with Crippen molar-refractivity contribution in [2.45, 2.75) is 0 Å². The molecular formula is C41H27N2OP. The summed E-state index contributed by atoms with van der Waals surface area (Å²) in [6.45, 7) is 0. The second-order valence-corrected chi connectivity index (χ2v) is 14.3. The predicted molar refractivity (Wildman–Crippen MR) is 190 cm³/mol. The molecule has 0 spiro atoms. The number of nitrogens with zero attached hydrogens (tertiary/aromatic N) is 2. The first kappa shape index (κ1) is 25.9. The van der Waals surface area contributed by atoms with Crippen LogP contribution in [0.4, 0.5) is 0 Å². The predicted octanol–water partition coefficient (Wildman–Crippen LogP) is 9.25. The summed E-state index contributed by atoms with van der Waals surface area (Å²) in [5.74, 6) is 0. The van der Waals surface area contributed by atoms with Crippen molar-refractivity contribution < 1.29 is 4.57 Å². The van der Waals surface area contributed by atoms with E-state index in [1.54, 1.807) is 0 Å². The Kier molecular flexibility index (Phi) is 5.78. The van der Waals surface area contributed by atoms with Crippen LogP contribution in [0.5, 0.6) is 0 Å².